The Morgan fingerprint density at radius 2 is 0.905 bits per heavy atom. The molecular formula is C51H44Li4N4O4+4. The zero-order valence-electron chi connectivity index (χ0n) is 37.3. The topological polar surface area (TPSA) is 149 Å². The zero-order chi connectivity index (χ0) is 41.5. The van der Waals surface area contributed by atoms with Crippen molar-refractivity contribution in [3.05, 3.63) is 181 Å². The summed E-state index contributed by atoms with van der Waals surface area (Å²) in [4.78, 5) is 12.4. The van der Waals surface area contributed by atoms with E-state index in [0.717, 1.165) is 55.0 Å². The molecule has 4 heterocycles. The third kappa shape index (κ3) is 12.9. The van der Waals surface area contributed by atoms with E-state index < -0.39 is 0 Å². The summed E-state index contributed by atoms with van der Waals surface area (Å²) in [5.74, 6) is 0.188. The third-order valence-corrected chi connectivity index (χ3v) is 9.91. The molecule has 0 fully saturated rings. The van der Waals surface area contributed by atoms with Gasteiger partial charge in [0.15, 0.2) is 11.9 Å². The number of fused-ring (bicyclic) bond motifs is 5. The number of aryl methyl sites for hydroxylation is 1. The van der Waals surface area contributed by atoms with Gasteiger partial charge < -0.3 is 20.4 Å². The molecule has 6 aromatic carbocycles. The summed E-state index contributed by atoms with van der Waals surface area (Å²) < 4.78 is 0. The first-order valence-corrected chi connectivity index (χ1v) is 19.3. The first-order chi connectivity index (χ1) is 28.4. The molecule has 8 nitrogen and oxygen atoms in total. The fourth-order valence-electron chi connectivity index (χ4n) is 6.71. The predicted octanol–water partition coefficient (Wildman–Crippen LogP) is -4.65. The molecule has 0 atom stereocenters. The van der Waals surface area contributed by atoms with Crippen LogP contribution < -0.4 is 116 Å². The quantitative estimate of drug-likeness (QED) is 0.121. The van der Waals surface area contributed by atoms with Crippen molar-refractivity contribution in [1.29, 1.82) is 0 Å². The van der Waals surface area contributed by atoms with E-state index in [1.165, 1.54) is 0 Å². The number of pyridine rings is 4. The number of H-pyrrole nitrogens is 4. The van der Waals surface area contributed by atoms with Crippen LogP contribution in [-0.4, -0.2) is 0 Å². The van der Waals surface area contributed by atoms with Gasteiger partial charge in [0, 0.05) is 63.7 Å². The Morgan fingerprint density at radius 3 is 1.54 bits per heavy atom. The summed E-state index contributed by atoms with van der Waals surface area (Å²) in [7, 11) is 0. The van der Waals surface area contributed by atoms with Gasteiger partial charge in [0.05, 0.1) is 0 Å². The molecule has 0 amide bonds. The van der Waals surface area contributed by atoms with Gasteiger partial charge in [-0.05, 0) is 101 Å². The number of para-hydroxylation sites is 4. The Hall–Kier alpha value is -5.19. The number of rotatable bonds is 1. The van der Waals surface area contributed by atoms with Gasteiger partial charge in [0.25, 0.3) is 0 Å². The van der Waals surface area contributed by atoms with Crippen LogP contribution >= 0.6 is 0 Å². The molecule has 0 spiro atoms. The van der Waals surface area contributed by atoms with Crippen LogP contribution in [0.2, 0.25) is 0 Å². The van der Waals surface area contributed by atoms with Gasteiger partial charge in [-0.3, -0.25) is 0 Å². The number of hydrogen-bond acceptors (Lipinski definition) is 4. The minimum atomic E-state index is 0. The molecular weight excluding hydrogens is 760 g/mol. The van der Waals surface area contributed by atoms with Gasteiger partial charge in [-0.2, -0.15) is 0 Å². The minimum absolute atomic E-state index is 0. The molecule has 12 heteroatoms. The van der Waals surface area contributed by atoms with Crippen LogP contribution in [0.4, 0.5) is 0 Å². The summed E-state index contributed by atoms with van der Waals surface area (Å²) >= 11 is 0. The molecule has 0 aliphatic heterocycles. The molecule has 0 unspecified atom stereocenters. The van der Waals surface area contributed by atoms with Crippen molar-refractivity contribution in [2.24, 2.45) is 0 Å². The molecule has 292 valence electrons. The number of nitrogens with one attached hydrogen (secondary N) is 4. The van der Waals surface area contributed by atoms with E-state index in [9.17, 15) is 20.4 Å². The largest absolute Gasteiger partial charge is 1.00 e. The Labute approximate surface area is 415 Å². The standard InChI is InChI=1S/C15H11NO.C13H9NO.C13H15NO.C10H9NO.4Li/c17-14-8-4-7-12-9-10-13(16-15(12)14)11-5-2-1-3-6-11;15-12-7-3-5-10-8-9-4-1-2-6-11(9)14-13(10)12;1-13(2,3)10-7-9-5-4-6-14-12(9)11(15)8-10;1-7-5-6-8-3-2-4-9(12)10(8)11-7;;;;/h1-10,17H;1-8,15H;4-8,15H,1-3H3;2-6,12H,1H3;;;;/q;;;;4*+1. The molecule has 0 bridgehead atoms. The van der Waals surface area contributed by atoms with Crippen molar-refractivity contribution in [3.63, 3.8) is 0 Å². The van der Waals surface area contributed by atoms with Crippen LogP contribution in [0.3, 0.4) is 0 Å². The normalized spacial score (nSPS) is 10.3. The van der Waals surface area contributed by atoms with Crippen molar-refractivity contribution >= 4 is 54.5 Å². The molecule has 63 heavy (non-hydrogen) atoms. The molecule has 10 aromatic rings. The zero-order valence-corrected chi connectivity index (χ0v) is 37.3. The van der Waals surface area contributed by atoms with Gasteiger partial charge in [-0.25, -0.2) is 19.9 Å². The van der Waals surface area contributed by atoms with E-state index in [0.29, 0.717) is 22.1 Å². The SMILES string of the molecule is CC(C)(C)c1cc([O-])c2[nH+]cccc2c1.Cc1ccc2cccc([O-])c2[nH+]1.[Li+].[Li+].[Li+].[Li+].[O-]c1cccc2cc3ccccc3[nH+]c12.[O-]c1cccc2ccc(-c3ccccc3)[nH+]c12. The van der Waals surface area contributed by atoms with Crippen molar-refractivity contribution < 1.29 is 116 Å². The summed E-state index contributed by atoms with van der Waals surface area (Å²) in [5.41, 5.74) is 7.86. The monoisotopic (exact) mass is 804 g/mol. The smallest absolute Gasteiger partial charge is 0.868 e. The van der Waals surface area contributed by atoms with Crippen LogP contribution in [0.5, 0.6) is 23.0 Å². The second-order valence-corrected chi connectivity index (χ2v) is 15.3. The first-order valence-electron chi connectivity index (χ1n) is 19.3. The molecule has 0 radical (unpaired) electrons. The number of aromatic nitrogens is 4. The maximum atomic E-state index is 11.8. The summed E-state index contributed by atoms with van der Waals surface area (Å²) in [6.45, 7) is 8.27. The van der Waals surface area contributed by atoms with Gasteiger partial charge >= 0.3 is 75.4 Å². The average Bonchev–Trinajstić information content (AvgIpc) is 3.24. The molecule has 0 aliphatic rings. The minimum Gasteiger partial charge on any atom is -0.868 e. The predicted molar refractivity (Wildman–Crippen MR) is 226 cm³/mol. The van der Waals surface area contributed by atoms with E-state index in [-0.39, 0.29) is 104 Å². The van der Waals surface area contributed by atoms with Crippen molar-refractivity contribution in [2.45, 2.75) is 33.1 Å². The van der Waals surface area contributed by atoms with Crippen LogP contribution in [0, 0.1) is 6.92 Å². The van der Waals surface area contributed by atoms with E-state index in [4.69, 9.17) is 0 Å². The van der Waals surface area contributed by atoms with Crippen molar-refractivity contribution in [1.82, 2.24) is 0 Å². The first kappa shape index (κ1) is 52.2. The van der Waals surface area contributed by atoms with E-state index in [1.54, 1.807) is 48.7 Å². The van der Waals surface area contributed by atoms with Crippen LogP contribution in [0.1, 0.15) is 32.0 Å². The molecule has 0 saturated carbocycles. The van der Waals surface area contributed by atoms with E-state index >= 15 is 0 Å². The maximum absolute atomic E-state index is 11.8. The average molecular weight is 805 g/mol. The van der Waals surface area contributed by atoms with Crippen LogP contribution in [-0.2, 0) is 5.41 Å². The number of aromatic amines is 4. The summed E-state index contributed by atoms with van der Waals surface area (Å²) in [6, 6.07) is 51.4. The van der Waals surface area contributed by atoms with Crippen molar-refractivity contribution in [3.8, 4) is 34.3 Å². The molecule has 4 aromatic heterocycles. The van der Waals surface area contributed by atoms with Gasteiger partial charge in [-0.15, -0.1) is 0 Å². The Balaban J connectivity index is 0.000000220. The van der Waals surface area contributed by atoms with Gasteiger partial charge in [0.2, 0.25) is 33.3 Å². The third-order valence-electron chi connectivity index (χ3n) is 9.91. The van der Waals surface area contributed by atoms with Crippen molar-refractivity contribution in [2.75, 3.05) is 0 Å². The number of hydrogen-bond donors (Lipinski definition) is 0. The Morgan fingerprint density at radius 1 is 0.397 bits per heavy atom. The summed E-state index contributed by atoms with van der Waals surface area (Å²) in [6.07, 6.45) is 1.78. The molecule has 10 rings (SSSR count). The Kier molecular flexibility index (Phi) is 19.4. The molecule has 0 saturated heterocycles. The van der Waals surface area contributed by atoms with E-state index in [2.05, 4.69) is 46.8 Å². The van der Waals surface area contributed by atoms with Gasteiger partial charge in [-0.1, -0.05) is 93.6 Å². The van der Waals surface area contributed by atoms with Gasteiger partial charge in [0.1, 0.15) is 0 Å². The molecule has 0 aliphatic carbocycles. The van der Waals surface area contributed by atoms with E-state index in [1.807, 2.05) is 122 Å². The second kappa shape index (κ2) is 23.5. The fraction of sp³-hybridized carbons (Fsp3) is 0.0980. The number of benzene rings is 6. The second-order valence-electron chi connectivity index (χ2n) is 15.3. The maximum Gasteiger partial charge on any atom is 1.00 e. The summed E-state index contributed by atoms with van der Waals surface area (Å²) in [5, 5.41) is 51.4. The molecule has 4 N–H and O–H groups in total. The fourth-order valence-corrected chi connectivity index (χ4v) is 6.71. The van der Waals surface area contributed by atoms with Crippen LogP contribution in [0.25, 0.3) is 65.8 Å². The van der Waals surface area contributed by atoms with Crippen LogP contribution in [0.15, 0.2) is 170 Å². The Bertz CT molecular complexity index is 3080.